The van der Waals surface area contributed by atoms with Crippen LogP contribution >= 0.6 is 0 Å². The lowest BCUT2D eigenvalue weighted by atomic mass is 10.0. The van der Waals surface area contributed by atoms with Gasteiger partial charge < -0.3 is 10.6 Å². The van der Waals surface area contributed by atoms with Crippen molar-refractivity contribution in [1.82, 2.24) is 14.9 Å². The molecule has 22 heavy (non-hydrogen) atoms. The molecule has 0 unspecified atom stereocenters. The number of benzene rings is 1. The summed E-state index contributed by atoms with van der Waals surface area (Å²) in [6.07, 6.45) is 2.90. The molecule has 0 saturated carbocycles. The Morgan fingerprint density at radius 1 is 1.23 bits per heavy atom. The van der Waals surface area contributed by atoms with Crippen LogP contribution in [0.15, 0.2) is 47.7 Å². The number of hydrogen-bond donors (Lipinski definition) is 2. The molecule has 2 aromatic rings. The number of aromatic nitrogens is 2. The smallest absolute Gasteiger partial charge is 0.319 e. The van der Waals surface area contributed by atoms with E-state index in [0.717, 1.165) is 5.69 Å². The van der Waals surface area contributed by atoms with E-state index in [1.165, 1.54) is 28.7 Å². The van der Waals surface area contributed by atoms with Crippen molar-refractivity contribution in [2.45, 2.75) is 26.3 Å². The highest BCUT2D eigenvalue weighted by Gasteiger charge is 2.03. The van der Waals surface area contributed by atoms with Crippen molar-refractivity contribution >= 4 is 11.7 Å². The molecule has 0 radical (unpaired) electrons. The van der Waals surface area contributed by atoms with Crippen LogP contribution in [0.5, 0.6) is 0 Å². The van der Waals surface area contributed by atoms with E-state index < -0.39 is 0 Å². The summed E-state index contributed by atoms with van der Waals surface area (Å²) in [7, 11) is 0. The van der Waals surface area contributed by atoms with Crippen molar-refractivity contribution in [2.24, 2.45) is 0 Å². The van der Waals surface area contributed by atoms with E-state index in [-0.39, 0.29) is 11.6 Å². The second kappa shape index (κ2) is 7.40. The van der Waals surface area contributed by atoms with E-state index >= 15 is 0 Å². The molecule has 116 valence electrons. The number of carbonyl (C=O) groups excluding carboxylic acids is 1. The maximum absolute atomic E-state index is 11.8. The van der Waals surface area contributed by atoms with Crippen LogP contribution in [0.25, 0.3) is 0 Å². The van der Waals surface area contributed by atoms with Gasteiger partial charge in [-0.25, -0.2) is 9.78 Å². The molecule has 0 bridgehead atoms. The summed E-state index contributed by atoms with van der Waals surface area (Å²) in [5.74, 6) is 0.459. The summed E-state index contributed by atoms with van der Waals surface area (Å²) in [6, 6.07) is 8.83. The van der Waals surface area contributed by atoms with Gasteiger partial charge in [-0.1, -0.05) is 26.0 Å². The molecule has 1 aromatic heterocycles. The molecule has 1 aromatic carbocycles. The molecule has 0 aliphatic rings. The van der Waals surface area contributed by atoms with Crippen LogP contribution in [0.4, 0.5) is 10.5 Å². The summed E-state index contributed by atoms with van der Waals surface area (Å²) >= 11 is 0. The molecule has 2 N–H and O–H groups in total. The number of carbonyl (C=O) groups is 1. The SMILES string of the molecule is CC(C)c1ccc(NC(=O)NCCn2cnccc2=O)cc1. The van der Waals surface area contributed by atoms with Crippen LogP contribution in [-0.2, 0) is 6.54 Å². The lowest BCUT2D eigenvalue weighted by Crippen LogP contribution is -2.33. The van der Waals surface area contributed by atoms with Crippen molar-refractivity contribution in [3.05, 3.63) is 58.8 Å². The summed E-state index contributed by atoms with van der Waals surface area (Å²) in [5.41, 5.74) is 1.82. The number of anilines is 1. The molecule has 0 saturated heterocycles. The molecule has 6 nitrogen and oxygen atoms in total. The van der Waals surface area contributed by atoms with Crippen LogP contribution in [0.2, 0.25) is 0 Å². The minimum atomic E-state index is -0.297. The second-order valence-electron chi connectivity index (χ2n) is 5.27. The Kier molecular flexibility index (Phi) is 5.30. The average molecular weight is 300 g/mol. The molecule has 0 atom stereocenters. The minimum absolute atomic E-state index is 0.138. The van der Waals surface area contributed by atoms with Crippen LogP contribution in [0.1, 0.15) is 25.3 Å². The predicted octanol–water partition coefficient (Wildman–Crippen LogP) is 2.19. The van der Waals surface area contributed by atoms with Gasteiger partial charge in [0.25, 0.3) is 5.56 Å². The number of urea groups is 1. The zero-order valence-corrected chi connectivity index (χ0v) is 12.7. The zero-order chi connectivity index (χ0) is 15.9. The van der Waals surface area contributed by atoms with Crippen LogP contribution in [-0.4, -0.2) is 22.1 Å². The molecule has 1 heterocycles. The van der Waals surface area contributed by atoms with Crippen LogP contribution in [0.3, 0.4) is 0 Å². The van der Waals surface area contributed by atoms with E-state index in [1.54, 1.807) is 0 Å². The van der Waals surface area contributed by atoms with Gasteiger partial charge in [0.1, 0.15) is 0 Å². The highest BCUT2D eigenvalue weighted by atomic mass is 16.2. The molecule has 0 aliphatic carbocycles. The Labute approximate surface area is 129 Å². The Bertz CT molecular complexity index is 677. The van der Waals surface area contributed by atoms with Gasteiger partial charge in [-0.2, -0.15) is 0 Å². The van der Waals surface area contributed by atoms with Gasteiger partial charge in [0.2, 0.25) is 0 Å². The van der Waals surface area contributed by atoms with Crippen molar-refractivity contribution in [3.63, 3.8) is 0 Å². The first-order valence-electron chi connectivity index (χ1n) is 7.21. The highest BCUT2D eigenvalue weighted by molar-refractivity contribution is 5.89. The Balaban J connectivity index is 1.80. The second-order valence-corrected chi connectivity index (χ2v) is 5.27. The quantitative estimate of drug-likeness (QED) is 0.888. The van der Waals surface area contributed by atoms with Gasteiger partial charge in [-0.15, -0.1) is 0 Å². The lowest BCUT2D eigenvalue weighted by molar-refractivity contribution is 0.251. The maximum atomic E-state index is 11.8. The topological polar surface area (TPSA) is 76.0 Å². The summed E-state index contributed by atoms with van der Waals surface area (Å²) in [4.78, 5) is 27.1. The van der Waals surface area contributed by atoms with Crippen LogP contribution in [0, 0.1) is 0 Å². The Hall–Kier alpha value is -2.63. The lowest BCUT2D eigenvalue weighted by Gasteiger charge is -2.10. The maximum Gasteiger partial charge on any atom is 0.319 e. The number of rotatable bonds is 5. The van der Waals surface area contributed by atoms with E-state index in [4.69, 9.17) is 0 Å². The molecular weight excluding hydrogens is 280 g/mol. The van der Waals surface area contributed by atoms with Gasteiger partial charge in [0.05, 0.1) is 6.33 Å². The van der Waals surface area contributed by atoms with Gasteiger partial charge >= 0.3 is 6.03 Å². The van der Waals surface area contributed by atoms with Crippen molar-refractivity contribution < 1.29 is 4.79 Å². The van der Waals surface area contributed by atoms with Crippen molar-refractivity contribution in [3.8, 4) is 0 Å². The third-order valence-corrected chi connectivity index (χ3v) is 3.27. The van der Waals surface area contributed by atoms with Gasteiger partial charge in [0.15, 0.2) is 0 Å². The third kappa shape index (κ3) is 4.44. The third-order valence-electron chi connectivity index (χ3n) is 3.27. The van der Waals surface area contributed by atoms with Crippen molar-refractivity contribution in [2.75, 3.05) is 11.9 Å². The summed E-state index contributed by atoms with van der Waals surface area (Å²) in [6.45, 7) is 4.97. The fraction of sp³-hybridized carbons (Fsp3) is 0.312. The number of nitrogens with one attached hydrogen (secondary N) is 2. The molecule has 0 fully saturated rings. The number of hydrogen-bond acceptors (Lipinski definition) is 3. The first-order valence-corrected chi connectivity index (χ1v) is 7.21. The Morgan fingerprint density at radius 3 is 2.59 bits per heavy atom. The number of nitrogens with zero attached hydrogens (tertiary/aromatic N) is 2. The van der Waals surface area contributed by atoms with Crippen molar-refractivity contribution in [1.29, 1.82) is 0 Å². The van der Waals surface area contributed by atoms with E-state index in [0.29, 0.717) is 19.0 Å². The monoisotopic (exact) mass is 300 g/mol. The minimum Gasteiger partial charge on any atom is -0.336 e. The van der Waals surface area contributed by atoms with E-state index in [1.807, 2.05) is 24.3 Å². The predicted molar refractivity (Wildman–Crippen MR) is 86.0 cm³/mol. The molecular formula is C16H20N4O2. The van der Waals surface area contributed by atoms with Gasteiger partial charge in [0, 0.05) is 31.0 Å². The van der Waals surface area contributed by atoms with Gasteiger partial charge in [-0.3, -0.25) is 9.36 Å². The highest BCUT2D eigenvalue weighted by Crippen LogP contribution is 2.16. The molecule has 2 amide bonds. The number of amides is 2. The normalized spacial score (nSPS) is 10.5. The fourth-order valence-electron chi connectivity index (χ4n) is 1.96. The standard InChI is InChI=1S/C16H20N4O2/c1-12(2)13-3-5-14(6-4-13)19-16(22)18-9-10-20-11-17-8-7-15(20)21/h3-8,11-12H,9-10H2,1-2H3,(H2,18,19,22). The van der Waals surface area contributed by atoms with E-state index in [2.05, 4.69) is 29.5 Å². The van der Waals surface area contributed by atoms with Gasteiger partial charge in [-0.05, 0) is 23.6 Å². The fourth-order valence-corrected chi connectivity index (χ4v) is 1.96. The summed E-state index contributed by atoms with van der Waals surface area (Å²) < 4.78 is 1.44. The molecule has 0 spiro atoms. The van der Waals surface area contributed by atoms with Crippen LogP contribution < -0.4 is 16.2 Å². The summed E-state index contributed by atoms with van der Waals surface area (Å²) in [5, 5.41) is 5.46. The zero-order valence-electron chi connectivity index (χ0n) is 12.7. The molecule has 6 heteroatoms. The Morgan fingerprint density at radius 2 is 1.95 bits per heavy atom. The average Bonchev–Trinajstić information content (AvgIpc) is 2.50. The largest absolute Gasteiger partial charge is 0.336 e. The molecule has 2 rings (SSSR count). The van der Waals surface area contributed by atoms with E-state index in [9.17, 15) is 9.59 Å². The first-order chi connectivity index (χ1) is 10.6. The molecule has 0 aliphatic heterocycles. The first kappa shape index (κ1) is 15.8.